The van der Waals surface area contributed by atoms with Gasteiger partial charge >= 0.3 is 0 Å². The zero-order chi connectivity index (χ0) is 11.4. The number of H-pyrrole nitrogens is 1. The summed E-state index contributed by atoms with van der Waals surface area (Å²) in [5.74, 6) is 5.77. The lowest BCUT2D eigenvalue weighted by molar-refractivity contribution is 1.12. The molecular formula is C11H9N5. The maximum absolute atomic E-state index is 8.11. The molecule has 0 amide bonds. The van der Waals surface area contributed by atoms with E-state index < -0.39 is 0 Å². The second-order valence-electron chi connectivity index (χ2n) is 3.32. The van der Waals surface area contributed by atoms with Crippen molar-refractivity contribution in [3.8, 4) is 11.8 Å². The number of rotatable bonds is 1. The Balaban J connectivity index is 2.38. The number of nitrogens with one attached hydrogen (secondary N) is 1. The van der Waals surface area contributed by atoms with Crippen LogP contribution >= 0.6 is 0 Å². The van der Waals surface area contributed by atoms with Crippen molar-refractivity contribution in [3.63, 3.8) is 0 Å². The van der Waals surface area contributed by atoms with Crippen LogP contribution in [0.4, 0.5) is 0 Å². The molecule has 0 radical (unpaired) electrons. The summed E-state index contributed by atoms with van der Waals surface area (Å²) in [6.45, 7) is 2.18. The SMILES string of the molecule is Cc1cc2[nH]ncc2cc1C#CCN=[N+]=[N-]. The highest BCUT2D eigenvalue weighted by molar-refractivity contribution is 5.80. The molecule has 78 valence electrons. The van der Waals surface area contributed by atoms with Gasteiger partial charge in [-0.15, -0.1) is 0 Å². The zero-order valence-corrected chi connectivity index (χ0v) is 8.73. The van der Waals surface area contributed by atoms with Gasteiger partial charge in [-0.25, -0.2) is 0 Å². The minimum absolute atomic E-state index is 0.194. The van der Waals surface area contributed by atoms with Gasteiger partial charge < -0.3 is 0 Å². The summed E-state index contributed by atoms with van der Waals surface area (Å²) in [7, 11) is 0. The quantitative estimate of drug-likeness (QED) is 0.334. The molecule has 0 bridgehead atoms. The molecule has 2 aromatic rings. The molecule has 0 aliphatic heterocycles. The smallest absolute Gasteiger partial charge is 0.0880 e. The Kier molecular flexibility index (Phi) is 2.77. The number of hydrogen-bond donors (Lipinski definition) is 1. The van der Waals surface area contributed by atoms with E-state index in [4.69, 9.17) is 5.53 Å². The lowest BCUT2D eigenvalue weighted by Gasteiger charge is -1.97. The molecule has 0 aliphatic carbocycles. The van der Waals surface area contributed by atoms with Crippen molar-refractivity contribution in [3.05, 3.63) is 39.9 Å². The average molecular weight is 211 g/mol. The maximum atomic E-state index is 8.11. The molecule has 5 heteroatoms. The third-order valence-corrected chi connectivity index (χ3v) is 2.22. The molecule has 0 unspecified atom stereocenters. The van der Waals surface area contributed by atoms with E-state index >= 15 is 0 Å². The third-order valence-electron chi connectivity index (χ3n) is 2.22. The largest absolute Gasteiger partial charge is 0.278 e. The van der Waals surface area contributed by atoms with Gasteiger partial charge in [-0.1, -0.05) is 17.0 Å². The summed E-state index contributed by atoms with van der Waals surface area (Å²) in [5.41, 5.74) is 11.1. The Hall–Kier alpha value is -2.44. The molecule has 1 N–H and O–H groups in total. The summed E-state index contributed by atoms with van der Waals surface area (Å²) in [5, 5.41) is 11.2. The van der Waals surface area contributed by atoms with E-state index in [1.165, 1.54) is 0 Å². The van der Waals surface area contributed by atoms with Crippen LogP contribution in [0.15, 0.2) is 23.4 Å². The van der Waals surface area contributed by atoms with Gasteiger partial charge in [0.05, 0.1) is 18.3 Å². The second kappa shape index (κ2) is 4.39. The molecule has 5 nitrogen and oxygen atoms in total. The molecule has 2 rings (SSSR count). The van der Waals surface area contributed by atoms with Crippen LogP contribution in [0.1, 0.15) is 11.1 Å². The normalized spacial score (nSPS) is 9.31. The number of fused-ring (bicyclic) bond motifs is 1. The summed E-state index contributed by atoms with van der Waals surface area (Å²) in [6.07, 6.45) is 1.76. The van der Waals surface area contributed by atoms with Crippen LogP contribution in [-0.2, 0) is 0 Å². The van der Waals surface area contributed by atoms with Crippen LogP contribution in [0.2, 0.25) is 0 Å². The number of aromatic nitrogens is 2. The molecule has 1 aromatic carbocycles. The Labute approximate surface area is 92.1 Å². The molecule has 0 saturated carbocycles. The Morgan fingerprint density at radius 3 is 3.25 bits per heavy atom. The highest BCUT2D eigenvalue weighted by Gasteiger charge is 2.00. The van der Waals surface area contributed by atoms with Crippen LogP contribution in [0.5, 0.6) is 0 Å². The van der Waals surface area contributed by atoms with E-state index in [0.29, 0.717) is 0 Å². The lowest BCUT2D eigenvalue weighted by Crippen LogP contribution is -1.83. The van der Waals surface area contributed by atoms with Crippen LogP contribution in [0.3, 0.4) is 0 Å². The van der Waals surface area contributed by atoms with Crippen LogP contribution in [0, 0.1) is 18.8 Å². The van der Waals surface area contributed by atoms with Gasteiger partial charge in [0.1, 0.15) is 0 Å². The van der Waals surface area contributed by atoms with E-state index in [1.54, 1.807) is 6.20 Å². The molecule has 1 heterocycles. The number of aromatic amines is 1. The first-order valence-corrected chi connectivity index (χ1v) is 4.74. The fourth-order valence-electron chi connectivity index (χ4n) is 1.44. The van der Waals surface area contributed by atoms with E-state index in [9.17, 15) is 0 Å². The fraction of sp³-hybridized carbons (Fsp3) is 0.182. The van der Waals surface area contributed by atoms with Gasteiger partial charge in [-0.2, -0.15) is 5.10 Å². The van der Waals surface area contributed by atoms with Gasteiger partial charge in [0.25, 0.3) is 0 Å². The molecule has 0 atom stereocenters. The minimum Gasteiger partial charge on any atom is -0.278 e. The first kappa shape index (κ1) is 10.1. The average Bonchev–Trinajstić information content (AvgIpc) is 2.71. The minimum atomic E-state index is 0.194. The van der Waals surface area contributed by atoms with Gasteiger partial charge in [0.2, 0.25) is 0 Å². The van der Waals surface area contributed by atoms with Gasteiger partial charge in [-0.05, 0) is 30.2 Å². The summed E-state index contributed by atoms with van der Waals surface area (Å²) >= 11 is 0. The van der Waals surface area contributed by atoms with Gasteiger partial charge in [0, 0.05) is 15.9 Å². The third kappa shape index (κ3) is 1.97. The molecule has 0 saturated heterocycles. The Morgan fingerprint density at radius 1 is 1.56 bits per heavy atom. The maximum Gasteiger partial charge on any atom is 0.0880 e. The molecule has 0 aliphatic rings. The van der Waals surface area contributed by atoms with Gasteiger partial charge in [-0.3, -0.25) is 5.10 Å². The topological polar surface area (TPSA) is 77.4 Å². The predicted molar refractivity (Wildman–Crippen MR) is 61.7 cm³/mol. The first-order valence-electron chi connectivity index (χ1n) is 4.74. The highest BCUT2D eigenvalue weighted by atomic mass is 15.1. The van der Waals surface area contributed by atoms with Crippen molar-refractivity contribution in [2.75, 3.05) is 6.54 Å². The van der Waals surface area contributed by atoms with Crippen molar-refractivity contribution in [1.82, 2.24) is 10.2 Å². The van der Waals surface area contributed by atoms with E-state index in [2.05, 4.69) is 32.1 Å². The molecular weight excluding hydrogens is 202 g/mol. The highest BCUT2D eigenvalue weighted by Crippen LogP contribution is 2.16. The summed E-state index contributed by atoms with van der Waals surface area (Å²) < 4.78 is 0. The molecule has 16 heavy (non-hydrogen) atoms. The molecule has 0 fully saturated rings. The van der Waals surface area contributed by atoms with Crippen molar-refractivity contribution >= 4 is 10.9 Å². The number of hydrogen-bond acceptors (Lipinski definition) is 2. The van der Waals surface area contributed by atoms with Crippen LogP contribution in [0.25, 0.3) is 21.3 Å². The Bertz CT molecular complexity index is 623. The Morgan fingerprint density at radius 2 is 2.44 bits per heavy atom. The van der Waals surface area contributed by atoms with Crippen molar-refractivity contribution in [2.24, 2.45) is 5.11 Å². The number of benzene rings is 1. The molecule has 1 aromatic heterocycles. The van der Waals surface area contributed by atoms with Crippen molar-refractivity contribution in [1.29, 1.82) is 0 Å². The van der Waals surface area contributed by atoms with Gasteiger partial charge in [0.15, 0.2) is 0 Å². The van der Waals surface area contributed by atoms with Crippen LogP contribution < -0.4 is 0 Å². The summed E-state index contributed by atoms with van der Waals surface area (Å²) in [6, 6.07) is 3.97. The summed E-state index contributed by atoms with van der Waals surface area (Å²) in [4.78, 5) is 2.64. The first-order chi connectivity index (χ1) is 7.81. The standard InChI is InChI=1S/C11H9N5/c1-8-5-11-10(7-14-15-11)6-9(8)3-2-4-13-16-12/h5-7H,4H2,1H3,(H,14,15). The number of aryl methyl sites for hydroxylation is 1. The predicted octanol–water partition coefficient (Wildman–Crippen LogP) is 2.53. The fourth-order valence-corrected chi connectivity index (χ4v) is 1.44. The van der Waals surface area contributed by atoms with E-state index in [-0.39, 0.29) is 6.54 Å². The molecule has 0 spiro atoms. The second-order valence-corrected chi connectivity index (χ2v) is 3.32. The lowest BCUT2D eigenvalue weighted by atomic mass is 10.1. The van der Waals surface area contributed by atoms with Crippen LogP contribution in [-0.4, -0.2) is 16.7 Å². The van der Waals surface area contributed by atoms with Crippen molar-refractivity contribution in [2.45, 2.75) is 6.92 Å². The zero-order valence-electron chi connectivity index (χ0n) is 8.73. The number of nitrogens with zero attached hydrogens (tertiary/aromatic N) is 4. The number of azide groups is 1. The van der Waals surface area contributed by atoms with E-state index in [1.807, 2.05) is 19.1 Å². The van der Waals surface area contributed by atoms with Crippen molar-refractivity contribution < 1.29 is 0 Å². The van der Waals surface area contributed by atoms with E-state index in [0.717, 1.165) is 22.0 Å². The monoisotopic (exact) mass is 211 g/mol.